The highest BCUT2D eigenvalue weighted by Gasteiger charge is 2.14. The molecule has 106 valence electrons. The van der Waals surface area contributed by atoms with E-state index in [9.17, 15) is 0 Å². The third kappa shape index (κ3) is 2.78. The normalized spacial score (nSPS) is 11.2. The quantitative estimate of drug-likeness (QED) is 0.656. The van der Waals surface area contributed by atoms with Gasteiger partial charge in [-0.15, -0.1) is 0 Å². The van der Waals surface area contributed by atoms with Gasteiger partial charge in [0, 0.05) is 23.1 Å². The van der Waals surface area contributed by atoms with Gasteiger partial charge in [0.25, 0.3) is 0 Å². The molecule has 0 spiro atoms. The second-order valence-electron chi connectivity index (χ2n) is 5.38. The first-order valence-electron chi connectivity index (χ1n) is 6.94. The molecule has 3 aromatic rings. The molecule has 3 rings (SSSR count). The third-order valence-corrected chi connectivity index (χ3v) is 3.80. The lowest BCUT2D eigenvalue weighted by molar-refractivity contribution is 0.403. The summed E-state index contributed by atoms with van der Waals surface area (Å²) in [6.45, 7) is 0.779. The molecule has 0 radical (unpaired) electrons. The third-order valence-electron chi connectivity index (χ3n) is 3.49. The Morgan fingerprint density at radius 3 is 2.19 bits per heavy atom. The average Bonchev–Trinajstić information content (AvgIpc) is 2.50. The summed E-state index contributed by atoms with van der Waals surface area (Å²) in [6, 6.07) is 18.5. The molecule has 0 unspecified atom stereocenters. The number of pyridine rings is 1. The van der Waals surface area contributed by atoms with Crippen LogP contribution in [0.25, 0.3) is 22.0 Å². The van der Waals surface area contributed by atoms with Gasteiger partial charge in [0.15, 0.2) is 0 Å². The predicted molar refractivity (Wildman–Crippen MR) is 89.6 cm³/mol. The van der Waals surface area contributed by atoms with Crippen LogP contribution in [0.2, 0.25) is 5.15 Å². The fourth-order valence-electron chi connectivity index (χ4n) is 2.57. The molecule has 0 aliphatic rings. The molecule has 0 N–H and O–H groups in total. The summed E-state index contributed by atoms with van der Waals surface area (Å²) < 4.78 is 0. The summed E-state index contributed by atoms with van der Waals surface area (Å²) in [6.07, 6.45) is 0. The first-order valence-corrected chi connectivity index (χ1v) is 7.32. The van der Waals surface area contributed by atoms with Gasteiger partial charge in [-0.05, 0) is 19.5 Å². The van der Waals surface area contributed by atoms with E-state index in [0.717, 1.165) is 28.8 Å². The minimum Gasteiger partial charge on any atom is -0.305 e. The molecule has 0 amide bonds. The van der Waals surface area contributed by atoms with Crippen LogP contribution in [0.15, 0.2) is 54.6 Å². The smallest absolute Gasteiger partial charge is 0.134 e. The van der Waals surface area contributed by atoms with Gasteiger partial charge in [0.2, 0.25) is 0 Å². The molecule has 2 aromatic carbocycles. The minimum absolute atomic E-state index is 0.584. The number of nitrogens with zero attached hydrogens (tertiary/aromatic N) is 2. The number of hydrogen-bond acceptors (Lipinski definition) is 2. The Morgan fingerprint density at radius 2 is 1.52 bits per heavy atom. The molecule has 2 nitrogen and oxygen atoms in total. The Hall–Kier alpha value is -1.90. The number of halogens is 1. The van der Waals surface area contributed by atoms with E-state index in [-0.39, 0.29) is 0 Å². The summed E-state index contributed by atoms with van der Waals surface area (Å²) in [7, 11) is 4.08. The molecule has 1 heterocycles. The van der Waals surface area contributed by atoms with Crippen molar-refractivity contribution < 1.29 is 0 Å². The van der Waals surface area contributed by atoms with Crippen molar-refractivity contribution in [3.8, 4) is 11.3 Å². The van der Waals surface area contributed by atoms with Gasteiger partial charge in [0.1, 0.15) is 5.15 Å². The van der Waals surface area contributed by atoms with Crippen LogP contribution < -0.4 is 0 Å². The summed E-state index contributed by atoms with van der Waals surface area (Å²) in [4.78, 5) is 6.77. The maximum atomic E-state index is 6.46. The maximum Gasteiger partial charge on any atom is 0.134 e. The largest absolute Gasteiger partial charge is 0.305 e. The van der Waals surface area contributed by atoms with Crippen LogP contribution in [0.3, 0.4) is 0 Å². The van der Waals surface area contributed by atoms with E-state index in [1.807, 2.05) is 44.4 Å². The van der Waals surface area contributed by atoms with Crippen molar-refractivity contribution in [2.45, 2.75) is 6.54 Å². The fraction of sp³-hybridized carbons (Fsp3) is 0.167. The molecule has 0 aliphatic heterocycles. The first-order chi connectivity index (χ1) is 10.2. The number of hydrogen-bond donors (Lipinski definition) is 0. The van der Waals surface area contributed by atoms with Crippen LogP contribution in [-0.4, -0.2) is 24.0 Å². The monoisotopic (exact) mass is 296 g/mol. The van der Waals surface area contributed by atoms with E-state index < -0.39 is 0 Å². The van der Waals surface area contributed by atoms with Gasteiger partial charge in [0.05, 0.1) is 5.69 Å². The van der Waals surface area contributed by atoms with Gasteiger partial charge < -0.3 is 4.90 Å². The SMILES string of the molecule is CN(C)Cc1c(Cl)nc(-c2ccccc2)c2ccccc12. The molecule has 1 aromatic heterocycles. The molecule has 0 saturated heterocycles. The van der Waals surface area contributed by atoms with Crippen molar-refractivity contribution in [2.75, 3.05) is 14.1 Å². The highest BCUT2D eigenvalue weighted by atomic mass is 35.5. The van der Waals surface area contributed by atoms with Gasteiger partial charge in [-0.25, -0.2) is 4.98 Å². The lowest BCUT2D eigenvalue weighted by atomic mass is 10.0. The Bertz CT molecular complexity index is 767. The lowest BCUT2D eigenvalue weighted by Gasteiger charge is -2.16. The summed E-state index contributed by atoms with van der Waals surface area (Å²) in [5.41, 5.74) is 3.11. The molecule has 0 atom stereocenters. The van der Waals surface area contributed by atoms with E-state index in [1.54, 1.807) is 0 Å². The number of aromatic nitrogens is 1. The summed E-state index contributed by atoms with van der Waals surface area (Å²) in [5, 5.41) is 2.90. The van der Waals surface area contributed by atoms with Crippen molar-refractivity contribution in [3.63, 3.8) is 0 Å². The van der Waals surface area contributed by atoms with Crippen molar-refractivity contribution >= 4 is 22.4 Å². The molecule has 0 aliphatic carbocycles. The van der Waals surface area contributed by atoms with Crippen molar-refractivity contribution in [1.82, 2.24) is 9.88 Å². The van der Waals surface area contributed by atoms with Crippen LogP contribution in [0, 0.1) is 0 Å². The van der Waals surface area contributed by atoms with E-state index in [2.05, 4.69) is 34.1 Å². The Labute approximate surface area is 130 Å². The lowest BCUT2D eigenvalue weighted by Crippen LogP contribution is -2.12. The van der Waals surface area contributed by atoms with Crippen molar-refractivity contribution in [2.24, 2.45) is 0 Å². The molecule has 0 fully saturated rings. The van der Waals surface area contributed by atoms with Crippen LogP contribution in [0.4, 0.5) is 0 Å². The zero-order chi connectivity index (χ0) is 14.8. The summed E-state index contributed by atoms with van der Waals surface area (Å²) >= 11 is 6.46. The van der Waals surface area contributed by atoms with Crippen molar-refractivity contribution in [3.05, 3.63) is 65.3 Å². The Morgan fingerprint density at radius 1 is 0.905 bits per heavy atom. The standard InChI is InChI=1S/C18H17ClN2/c1-21(2)12-16-14-10-6-7-11-15(14)17(20-18(16)19)13-8-4-3-5-9-13/h3-11H,12H2,1-2H3. The number of benzene rings is 2. The van der Waals surface area contributed by atoms with Crippen LogP contribution >= 0.6 is 11.6 Å². The zero-order valence-electron chi connectivity index (χ0n) is 12.2. The predicted octanol–water partition coefficient (Wildman–Crippen LogP) is 4.62. The topological polar surface area (TPSA) is 16.1 Å². The molecule has 0 bridgehead atoms. The summed E-state index contributed by atoms with van der Waals surface area (Å²) in [5.74, 6) is 0. The first kappa shape index (κ1) is 14.1. The highest BCUT2D eigenvalue weighted by molar-refractivity contribution is 6.31. The number of fused-ring (bicyclic) bond motifs is 1. The van der Waals surface area contributed by atoms with Crippen LogP contribution in [-0.2, 0) is 6.54 Å². The molecule has 3 heteroatoms. The van der Waals surface area contributed by atoms with Gasteiger partial charge in [-0.3, -0.25) is 0 Å². The Kier molecular flexibility index (Phi) is 3.91. The average molecular weight is 297 g/mol. The fourth-order valence-corrected chi connectivity index (χ4v) is 2.82. The van der Waals surface area contributed by atoms with Gasteiger partial charge >= 0.3 is 0 Å². The van der Waals surface area contributed by atoms with E-state index >= 15 is 0 Å². The molecule has 0 saturated carbocycles. The molecular formula is C18H17ClN2. The molecule has 21 heavy (non-hydrogen) atoms. The van der Waals surface area contributed by atoms with E-state index in [1.165, 1.54) is 5.39 Å². The molecular weight excluding hydrogens is 280 g/mol. The zero-order valence-corrected chi connectivity index (χ0v) is 12.9. The second kappa shape index (κ2) is 5.84. The maximum absolute atomic E-state index is 6.46. The van der Waals surface area contributed by atoms with Crippen LogP contribution in [0.1, 0.15) is 5.56 Å². The van der Waals surface area contributed by atoms with Gasteiger partial charge in [-0.1, -0.05) is 66.2 Å². The Balaban J connectivity index is 2.29. The second-order valence-corrected chi connectivity index (χ2v) is 5.74. The van der Waals surface area contributed by atoms with E-state index in [0.29, 0.717) is 5.15 Å². The highest BCUT2D eigenvalue weighted by Crippen LogP contribution is 2.33. The van der Waals surface area contributed by atoms with Crippen LogP contribution in [0.5, 0.6) is 0 Å². The van der Waals surface area contributed by atoms with Gasteiger partial charge in [-0.2, -0.15) is 0 Å². The number of rotatable bonds is 3. The van der Waals surface area contributed by atoms with E-state index in [4.69, 9.17) is 11.6 Å². The minimum atomic E-state index is 0.584. The van der Waals surface area contributed by atoms with Crippen molar-refractivity contribution in [1.29, 1.82) is 0 Å².